The molecule has 0 saturated carbocycles. The molecule has 10 heteroatoms. The zero-order valence-corrected chi connectivity index (χ0v) is 18.2. The third kappa shape index (κ3) is 3.79. The molecule has 2 aliphatic heterocycles. The van der Waals surface area contributed by atoms with E-state index in [1.165, 1.54) is 12.3 Å². The van der Waals surface area contributed by atoms with Gasteiger partial charge in [0, 0.05) is 6.07 Å². The van der Waals surface area contributed by atoms with E-state index in [1.807, 2.05) is 6.92 Å². The Hall–Kier alpha value is -3.15. The molecule has 0 unspecified atom stereocenters. The number of hydrogen-bond acceptors (Lipinski definition) is 10. The second kappa shape index (κ2) is 8.90. The lowest BCUT2D eigenvalue weighted by molar-refractivity contribution is -0.277. The molecule has 4 N–H and O–H groups in total. The van der Waals surface area contributed by atoms with Crippen LogP contribution in [0.5, 0.6) is 17.2 Å². The fourth-order valence-electron chi connectivity index (χ4n) is 4.14. The summed E-state index contributed by atoms with van der Waals surface area (Å²) in [4.78, 5) is 13.3. The summed E-state index contributed by atoms with van der Waals surface area (Å²) in [7, 11) is 0. The van der Waals surface area contributed by atoms with Gasteiger partial charge in [-0.25, -0.2) is 0 Å². The van der Waals surface area contributed by atoms with Gasteiger partial charge in [0.2, 0.25) is 18.5 Å². The maximum Gasteiger partial charge on any atom is 0.231 e. The molecule has 0 bridgehead atoms. The van der Waals surface area contributed by atoms with Crippen molar-refractivity contribution in [2.45, 2.75) is 44.1 Å². The minimum absolute atomic E-state index is 0.127. The van der Waals surface area contributed by atoms with Gasteiger partial charge in [0.15, 0.2) is 11.5 Å². The first kappa shape index (κ1) is 22.6. The predicted octanol–water partition coefficient (Wildman–Crippen LogP) is 0.930. The van der Waals surface area contributed by atoms with Gasteiger partial charge in [0.05, 0.1) is 17.6 Å². The summed E-state index contributed by atoms with van der Waals surface area (Å²) in [6.07, 6.45) is -5.23. The minimum Gasteiger partial charge on any atom is -0.463 e. The first-order valence-electron chi connectivity index (χ1n) is 10.9. The van der Waals surface area contributed by atoms with Crippen molar-refractivity contribution in [1.29, 1.82) is 0 Å². The fourth-order valence-corrected chi connectivity index (χ4v) is 4.14. The molecular formula is C24H24O10. The van der Waals surface area contributed by atoms with Crippen molar-refractivity contribution in [2.24, 2.45) is 0 Å². The SMILES string of the molecule is CCc1cc2c(=O)c(-c3ccc4c(c3)OCO4)coc2cc1O[C@H]1O[C@@H](CO)[C@@H](O)[C@H](O)[C@@H]1O. The molecule has 1 aromatic heterocycles. The van der Waals surface area contributed by atoms with Crippen LogP contribution in [0.3, 0.4) is 0 Å². The van der Waals surface area contributed by atoms with Crippen molar-refractivity contribution in [3.63, 3.8) is 0 Å². The molecule has 5 atom stereocenters. The molecule has 3 aromatic rings. The predicted molar refractivity (Wildman–Crippen MR) is 118 cm³/mol. The van der Waals surface area contributed by atoms with E-state index < -0.39 is 37.3 Å². The van der Waals surface area contributed by atoms with Crippen LogP contribution in [0.2, 0.25) is 0 Å². The summed E-state index contributed by atoms with van der Waals surface area (Å²) in [5.74, 6) is 1.44. The molecule has 1 fully saturated rings. The van der Waals surface area contributed by atoms with Gasteiger partial charge in [-0.3, -0.25) is 4.79 Å². The largest absolute Gasteiger partial charge is 0.463 e. The molecule has 0 amide bonds. The van der Waals surface area contributed by atoms with Crippen LogP contribution in [0.1, 0.15) is 12.5 Å². The minimum atomic E-state index is -1.57. The monoisotopic (exact) mass is 472 g/mol. The van der Waals surface area contributed by atoms with Crippen LogP contribution < -0.4 is 19.6 Å². The lowest BCUT2D eigenvalue weighted by Crippen LogP contribution is -2.60. The van der Waals surface area contributed by atoms with Crippen LogP contribution in [-0.4, -0.2) is 64.5 Å². The van der Waals surface area contributed by atoms with E-state index in [-0.39, 0.29) is 23.6 Å². The molecule has 0 aliphatic carbocycles. The van der Waals surface area contributed by atoms with Gasteiger partial charge in [-0.2, -0.15) is 0 Å². The molecule has 3 heterocycles. The maximum atomic E-state index is 13.3. The Morgan fingerprint density at radius 1 is 1.03 bits per heavy atom. The molecule has 2 aliphatic rings. The molecule has 2 aromatic carbocycles. The van der Waals surface area contributed by atoms with E-state index in [0.29, 0.717) is 40.0 Å². The van der Waals surface area contributed by atoms with Gasteiger partial charge in [0.25, 0.3) is 0 Å². The highest BCUT2D eigenvalue weighted by Crippen LogP contribution is 2.36. The van der Waals surface area contributed by atoms with Crippen molar-refractivity contribution >= 4 is 11.0 Å². The van der Waals surface area contributed by atoms with E-state index in [9.17, 15) is 25.2 Å². The second-order valence-corrected chi connectivity index (χ2v) is 8.17. The average Bonchev–Trinajstić information content (AvgIpc) is 3.32. The lowest BCUT2D eigenvalue weighted by Gasteiger charge is -2.39. The van der Waals surface area contributed by atoms with Crippen LogP contribution in [0.4, 0.5) is 0 Å². The number of fused-ring (bicyclic) bond motifs is 2. The summed E-state index contributed by atoms with van der Waals surface area (Å²) in [6, 6.07) is 8.37. The highest BCUT2D eigenvalue weighted by Gasteiger charge is 2.44. The summed E-state index contributed by atoms with van der Waals surface area (Å²) in [5, 5.41) is 40.0. The third-order valence-corrected chi connectivity index (χ3v) is 6.11. The number of benzene rings is 2. The highest BCUT2D eigenvalue weighted by atomic mass is 16.7. The van der Waals surface area contributed by atoms with Gasteiger partial charge in [0.1, 0.15) is 42.0 Å². The maximum absolute atomic E-state index is 13.3. The Bertz CT molecular complexity index is 1270. The van der Waals surface area contributed by atoms with E-state index >= 15 is 0 Å². The topological polar surface area (TPSA) is 148 Å². The van der Waals surface area contributed by atoms with Crippen molar-refractivity contribution in [3.05, 3.63) is 52.4 Å². The number of aliphatic hydroxyl groups excluding tert-OH is 4. The summed E-state index contributed by atoms with van der Waals surface area (Å²) >= 11 is 0. The number of aryl methyl sites for hydroxylation is 1. The summed E-state index contributed by atoms with van der Waals surface area (Å²) in [6.45, 7) is 1.42. The molecule has 1 saturated heterocycles. The van der Waals surface area contributed by atoms with Gasteiger partial charge in [-0.05, 0) is 35.7 Å². The molecule has 180 valence electrons. The third-order valence-electron chi connectivity index (χ3n) is 6.11. The molecular weight excluding hydrogens is 448 g/mol. The normalized spacial score (nSPS) is 26.1. The van der Waals surface area contributed by atoms with Crippen molar-refractivity contribution in [3.8, 4) is 28.4 Å². The Kier molecular flexibility index (Phi) is 5.92. The van der Waals surface area contributed by atoms with Crippen LogP contribution in [0, 0.1) is 0 Å². The Labute approximate surface area is 193 Å². The van der Waals surface area contributed by atoms with Gasteiger partial charge in [-0.15, -0.1) is 0 Å². The van der Waals surface area contributed by atoms with Crippen molar-refractivity contribution in [2.75, 3.05) is 13.4 Å². The first-order chi connectivity index (χ1) is 16.4. The van der Waals surface area contributed by atoms with E-state index in [0.717, 1.165) is 0 Å². The van der Waals surface area contributed by atoms with E-state index in [2.05, 4.69) is 0 Å². The molecule has 0 radical (unpaired) electrons. The van der Waals surface area contributed by atoms with Gasteiger partial charge >= 0.3 is 0 Å². The van der Waals surface area contributed by atoms with Crippen LogP contribution in [0.25, 0.3) is 22.1 Å². The van der Waals surface area contributed by atoms with Gasteiger partial charge < -0.3 is 43.8 Å². The molecule has 5 rings (SSSR count). The second-order valence-electron chi connectivity index (χ2n) is 8.17. The number of ether oxygens (including phenoxy) is 4. The van der Waals surface area contributed by atoms with Crippen molar-refractivity contribution in [1.82, 2.24) is 0 Å². The summed E-state index contributed by atoms with van der Waals surface area (Å²) in [5.41, 5.74) is 1.63. The Balaban J connectivity index is 1.50. The Morgan fingerprint density at radius 3 is 2.59 bits per heavy atom. The van der Waals surface area contributed by atoms with Crippen LogP contribution in [-0.2, 0) is 11.2 Å². The fraction of sp³-hybridized carbons (Fsp3) is 0.375. The molecule has 0 spiro atoms. The van der Waals surface area contributed by atoms with E-state index in [4.69, 9.17) is 23.4 Å². The van der Waals surface area contributed by atoms with Gasteiger partial charge in [-0.1, -0.05) is 13.0 Å². The zero-order chi connectivity index (χ0) is 24.0. The number of hydrogen-bond donors (Lipinski definition) is 4. The van der Waals surface area contributed by atoms with Crippen LogP contribution in [0.15, 0.2) is 45.8 Å². The van der Waals surface area contributed by atoms with Crippen LogP contribution >= 0.6 is 0 Å². The quantitative estimate of drug-likeness (QED) is 0.423. The highest BCUT2D eigenvalue weighted by molar-refractivity contribution is 5.84. The smallest absolute Gasteiger partial charge is 0.231 e. The first-order valence-corrected chi connectivity index (χ1v) is 10.9. The Morgan fingerprint density at radius 2 is 1.82 bits per heavy atom. The lowest BCUT2D eigenvalue weighted by atomic mass is 9.99. The standard InChI is InChI=1S/C24H24O10/c1-2-11-5-13-17(7-16(11)33-24-23(29)22(28)21(27)19(8-25)34-24)30-9-14(20(13)26)12-3-4-15-18(6-12)32-10-31-15/h3-7,9,19,21-25,27-29H,2,8,10H2,1H3/t19-,21+,22-,23-,24-/m0/s1. The molecule has 34 heavy (non-hydrogen) atoms. The zero-order valence-electron chi connectivity index (χ0n) is 18.2. The number of aliphatic hydroxyl groups is 4. The van der Waals surface area contributed by atoms with Crippen molar-refractivity contribution < 1.29 is 43.8 Å². The van der Waals surface area contributed by atoms with E-state index in [1.54, 1.807) is 24.3 Å². The summed E-state index contributed by atoms with van der Waals surface area (Å²) < 4.78 is 27.7. The average molecular weight is 472 g/mol. The number of rotatable bonds is 5. The molecule has 10 nitrogen and oxygen atoms in total.